The van der Waals surface area contributed by atoms with Gasteiger partial charge in [0.15, 0.2) is 11.5 Å². The number of hydrogen-bond acceptors (Lipinski definition) is 3. The monoisotopic (exact) mass is 301 g/mol. The molecule has 0 saturated carbocycles. The van der Waals surface area contributed by atoms with Crippen LogP contribution in [0.1, 0.15) is 5.56 Å². The van der Waals surface area contributed by atoms with Gasteiger partial charge in [-0.15, -0.1) is 0 Å². The summed E-state index contributed by atoms with van der Waals surface area (Å²) in [6.07, 6.45) is 2.88. The molecule has 0 aromatic heterocycles. The van der Waals surface area contributed by atoms with Crippen LogP contribution in [0.5, 0.6) is 11.5 Å². The van der Waals surface area contributed by atoms with E-state index in [1.807, 2.05) is 0 Å². The predicted octanol–water partition coefficient (Wildman–Crippen LogP) is 3.49. The van der Waals surface area contributed by atoms with E-state index in [0.29, 0.717) is 22.7 Å². The van der Waals surface area contributed by atoms with E-state index in [1.165, 1.54) is 32.4 Å². The molecule has 0 aliphatic heterocycles. The highest BCUT2D eigenvalue weighted by atomic mass is 19.1. The smallest absolute Gasteiger partial charge is 0.248 e. The van der Waals surface area contributed by atoms with E-state index >= 15 is 0 Å². The topological polar surface area (TPSA) is 47.6 Å². The van der Waals surface area contributed by atoms with Crippen molar-refractivity contribution in [2.45, 2.75) is 0 Å². The zero-order valence-corrected chi connectivity index (χ0v) is 12.3. The first-order chi connectivity index (χ1) is 10.6. The Balaban J connectivity index is 2.06. The molecule has 0 radical (unpaired) electrons. The van der Waals surface area contributed by atoms with Gasteiger partial charge in [-0.05, 0) is 35.9 Å². The number of nitrogens with one attached hydrogen (secondary N) is 1. The summed E-state index contributed by atoms with van der Waals surface area (Å²) in [4.78, 5) is 11.9. The minimum atomic E-state index is -0.345. The third-order valence-corrected chi connectivity index (χ3v) is 2.93. The Labute approximate surface area is 128 Å². The number of hydrogen-bond donors (Lipinski definition) is 1. The SMILES string of the molecule is COc1ccc(NC(=O)C=Cc2cccc(F)c2)cc1OC. The number of carbonyl (C=O) groups is 1. The second-order valence-corrected chi connectivity index (χ2v) is 4.45. The number of rotatable bonds is 5. The minimum absolute atomic E-state index is 0.323. The third-order valence-electron chi connectivity index (χ3n) is 2.93. The van der Waals surface area contributed by atoms with E-state index in [-0.39, 0.29) is 11.7 Å². The van der Waals surface area contributed by atoms with Crippen molar-refractivity contribution in [1.82, 2.24) is 0 Å². The molecular weight excluding hydrogens is 285 g/mol. The lowest BCUT2D eigenvalue weighted by molar-refractivity contribution is -0.111. The highest BCUT2D eigenvalue weighted by Gasteiger charge is 2.05. The molecule has 5 heteroatoms. The van der Waals surface area contributed by atoms with Crippen LogP contribution >= 0.6 is 0 Å². The average Bonchev–Trinajstić information content (AvgIpc) is 2.53. The van der Waals surface area contributed by atoms with Crippen molar-refractivity contribution in [1.29, 1.82) is 0 Å². The first kappa shape index (κ1) is 15.6. The number of methoxy groups -OCH3 is 2. The van der Waals surface area contributed by atoms with Gasteiger partial charge < -0.3 is 14.8 Å². The number of carbonyl (C=O) groups excluding carboxylic acids is 1. The molecule has 0 saturated heterocycles. The Morgan fingerprint density at radius 2 is 1.86 bits per heavy atom. The van der Waals surface area contributed by atoms with Crippen LogP contribution in [0.3, 0.4) is 0 Å². The number of benzene rings is 2. The maximum atomic E-state index is 13.0. The van der Waals surface area contributed by atoms with Gasteiger partial charge in [-0.3, -0.25) is 4.79 Å². The molecular formula is C17H16FNO3. The van der Waals surface area contributed by atoms with Gasteiger partial charge in [0.25, 0.3) is 0 Å². The quantitative estimate of drug-likeness (QED) is 0.860. The molecule has 4 nitrogen and oxygen atoms in total. The lowest BCUT2D eigenvalue weighted by atomic mass is 10.2. The first-order valence-electron chi connectivity index (χ1n) is 6.59. The molecule has 0 heterocycles. The Morgan fingerprint density at radius 3 is 2.55 bits per heavy atom. The summed E-state index contributed by atoms with van der Waals surface area (Å²) in [5.74, 6) is 0.434. The fourth-order valence-corrected chi connectivity index (χ4v) is 1.88. The van der Waals surface area contributed by atoms with Gasteiger partial charge in [0.1, 0.15) is 5.82 Å². The van der Waals surface area contributed by atoms with E-state index < -0.39 is 0 Å². The molecule has 2 rings (SSSR count). The van der Waals surface area contributed by atoms with Crippen LogP contribution in [0.4, 0.5) is 10.1 Å². The largest absolute Gasteiger partial charge is 0.493 e. The molecule has 0 atom stereocenters. The molecule has 0 aliphatic carbocycles. The Bertz CT molecular complexity index is 698. The van der Waals surface area contributed by atoms with Crippen molar-refractivity contribution >= 4 is 17.7 Å². The van der Waals surface area contributed by atoms with Crippen LogP contribution in [0.25, 0.3) is 6.08 Å². The van der Waals surface area contributed by atoms with Gasteiger partial charge in [-0.25, -0.2) is 4.39 Å². The Morgan fingerprint density at radius 1 is 1.09 bits per heavy atom. The van der Waals surface area contributed by atoms with Crippen molar-refractivity contribution in [3.05, 3.63) is 59.9 Å². The molecule has 0 fully saturated rings. The van der Waals surface area contributed by atoms with E-state index in [4.69, 9.17) is 9.47 Å². The molecule has 2 aromatic rings. The molecule has 1 N–H and O–H groups in total. The zero-order chi connectivity index (χ0) is 15.9. The second-order valence-electron chi connectivity index (χ2n) is 4.45. The van der Waals surface area contributed by atoms with E-state index in [9.17, 15) is 9.18 Å². The maximum absolute atomic E-state index is 13.0. The summed E-state index contributed by atoms with van der Waals surface area (Å²) in [5.41, 5.74) is 1.19. The van der Waals surface area contributed by atoms with Crippen molar-refractivity contribution in [2.75, 3.05) is 19.5 Å². The van der Waals surface area contributed by atoms with Crippen LogP contribution in [-0.2, 0) is 4.79 Å². The van der Waals surface area contributed by atoms with E-state index in [2.05, 4.69) is 5.32 Å². The standard InChI is InChI=1S/C17H16FNO3/c1-21-15-8-7-14(11-16(15)22-2)19-17(20)9-6-12-4-3-5-13(18)10-12/h3-11H,1-2H3,(H,19,20). The van der Waals surface area contributed by atoms with Crippen molar-refractivity contribution in [2.24, 2.45) is 0 Å². The highest BCUT2D eigenvalue weighted by molar-refractivity contribution is 6.02. The molecule has 114 valence electrons. The van der Waals surface area contributed by atoms with E-state index in [1.54, 1.807) is 36.4 Å². The predicted molar refractivity (Wildman–Crippen MR) is 83.6 cm³/mol. The summed E-state index contributed by atoms with van der Waals surface area (Å²) in [6.45, 7) is 0. The van der Waals surface area contributed by atoms with Gasteiger partial charge in [-0.2, -0.15) is 0 Å². The van der Waals surface area contributed by atoms with Gasteiger partial charge >= 0.3 is 0 Å². The summed E-state index contributed by atoms with van der Waals surface area (Å²) >= 11 is 0. The summed E-state index contributed by atoms with van der Waals surface area (Å²) in [5, 5.41) is 2.70. The van der Waals surface area contributed by atoms with Crippen LogP contribution in [0.15, 0.2) is 48.5 Å². The molecule has 0 bridgehead atoms. The molecule has 0 aliphatic rings. The van der Waals surface area contributed by atoms with Crippen molar-refractivity contribution in [3.63, 3.8) is 0 Å². The Hall–Kier alpha value is -2.82. The molecule has 0 spiro atoms. The van der Waals surface area contributed by atoms with Crippen molar-refractivity contribution in [3.8, 4) is 11.5 Å². The maximum Gasteiger partial charge on any atom is 0.248 e. The van der Waals surface area contributed by atoms with Gasteiger partial charge in [0.2, 0.25) is 5.91 Å². The normalized spacial score (nSPS) is 10.5. The average molecular weight is 301 g/mol. The Kier molecular flexibility index (Phi) is 5.14. The summed E-state index contributed by atoms with van der Waals surface area (Å²) in [6, 6.07) is 11.1. The number of amides is 1. The second kappa shape index (κ2) is 7.26. The third kappa shape index (κ3) is 4.09. The lowest BCUT2D eigenvalue weighted by Crippen LogP contribution is -2.07. The fraction of sp³-hybridized carbons (Fsp3) is 0.118. The zero-order valence-electron chi connectivity index (χ0n) is 12.3. The fourth-order valence-electron chi connectivity index (χ4n) is 1.88. The summed E-state index contributed by atoms with van der Waals surface area (Å²) in [7, 11) is 3.06. The lowest BCUT2D eigenvalue weighted by Gasteiger charge is -2.09. The number of halogens is 1. The van der Waals surface area contributed by atoms with Gasteiger partial charge in [0.05, 0.1) is 14.2 Å². The number of ether oxygens (including phenoxy) is 2. The molecule has 22 heavy (non-hydrogen) atoms. The highest BCUT2D eigenvalue weighted by Crippen LogP contribution is 2.29. The van der Waals surface area contributed by atoms with Crippen LogP contribution in [0, 0.1) is 5.82 Å². The molecule has 0 unspecified atom stereocenters. The first-order valence-corrected chi connectivity index (χ1v) is 6.59. The molecule has 1 amide bonds. The van der Waals surface area contributed by atoms with Crippen LogP contribution in [0.2, 0.25) is 0 Å². The van der Waals surface area contributed by atoms with Crippen LogP contribution < -0.4 is 14.8 Å². The number of anilines is 1. The van der Waals surface area contributed by atoms with Gasteiger partial charge in [-0.1, -0.05) is 12.1 Å². The van der Waals surface area contributed by atoms with Crippen LogP contribution in [-0.4, -0.2) is 20.1 Å². The van der Waals surface area contributed by atoms with Gasteiger partial charge in [0, 0.05) is 17.8 Å². The summed E-state index contributed by atoms with van der Waals surface area (Å²) < 4.78 is 23.3. The molecule has 2 aromatic carbocycles. The minimum Gasteiger partial charge on any atom is -0.493 e. The van der Waals surface area contributed by atoms with E-state index in [0.717, 1.165) is 0 Å². The van der Waals surface area contributed by atoms with Crippen molar-refractivity contribution < 1.29 is 18.7 Å².